The standard InChI is InChI=1S/C21H22N4OS.C8H10N2O2S/c1-22-21-25-19(13-27-21)17-7-3-6-16(9-17)15-5-2-4-14(8-15)10-24-20(26)18-11-23-12-18;1-13-10-4-2-7(6-10)8(12)9-3-5-11/h2-9,13,18,23H,10-12H2,1H3,(H,22,25)(H,24,26);2,4-6H,3H2,1H3,(H,9,12). The number of nitrogens with one attached hydrogen (secondary N) is 4. The number of hydrogen-bond acceptors (Lipinski definition) is 8. The van der Waals surface area contributed by atoms with Crippen molar-refractivity contribution in [3.8, 4) is 22.4 Å². The number of carbonyl (C=O) groups excluding carboxylic acids is 3. The fraction of sp³-hybridized carbons (Fsp3) is 0.241. The third-order valence-electron chi connectivity index (χ3n) is 6.24. The van der Waals surface area contributed by atoms with Crippen molar-refractivity contribution in [3.63, 3.8) is 0 Å². The van der Waals surface area contributed by atoms with Gasteiger partial charge >= 0.3 is 0 Å². The maximum Gasteiger partial charge on any atom is 0.253 e. The van der Waals surface area contributed by atoms with Crippen LogP contribution in [0.4, 0.5) is 5.13 Å². The fourth-order valence-corrected chi connectivity index (χ4v) is 4.99. The van der Waals surface area contributed by atoms with Crippen molar-refractivity contribution in [2.24, 2.45) is 5.92 Å². The number of hydrogen-bond donors (Lipinski definition) is 4. The summed E-state index contributed by atoms with van der Waals surface area (Å²) in [5.74, 6) is 0.0235. The molecule has 1 aliphatic rings. The van der Waals surface area contributed by atoms with Crippen molar-refractivity contribution < 1.29 is 14.4 Å². The van der Waals surface area contributed by atoms with Crippen LogP contribution in [-0.2, 0) is 16.1 Å². The van der Waals surface area contributed by atoms with Gasteiger partial charge in [0.1, 0.15) is 6.29 Å². The van der Waals surface area contributed by atoms with E-state index in [2.05, 4.69) is 68.0 Å². The number of rotatable bonds is 10. The Kier molecular flexibility index (Phi) is 10.5. The van der Waals surface area contributed by atoms with Crippen LogP contribution in [-0.4, -0.2) is 60.0 Å². The maximum atomic E-state index is 12.0. The van der Waals surface area contributed by atoms with Gasteiger partial charge in [-0.3, -0.25) is 13.6 Å². The third kappa shape index (κ3) is 7.81. The Balaban J connectivity index is 0.000000240. The molecule has 0 saturated carbocycles. The first-order valence-electron chi connectivity index (χ1n) is 12.8. The molecule has 0 spiro atoms. The first-order chi connectivity index (χ1) is 19.5. The molecule has 2 aromatic carbocycles. The van der Waals surface area contributed by atoms with Gasteiger partial charge in [-0.25, -0.2) is 4.98 Å². The van der Waals surface area contributed by atoms with Gasteiger partial charge in [-0.15, -0.1) is 11.3 Å². The van der Waals surface area contributed by atoms with Gasteiger partial charge in [0.2, 0.25) is 5.91 Å². The Morgan fingerprint density at radius 3 is 2.50 bits per heavy atom. The highest BCUT2D eigenvalue weighted by Crippen LogP contribution is 2.29. The van der Waals surface area contributed by atoms with Crippen molar-refractivity contribution in [1.82, 2.24) is 24.9 Å². The molecule has 0 bridgehead atoms. The number of nitrogens with zero attached hydrogens (tertiary/aromatic N) is 2. The molecule has 1 fully saturated rings. The molecule has 0 atom stereocenters. The molecule has 3 heterocycles. The summed E-state index contributed by atoms with van der Waals surface area (Å²) in [4.78, 5) is 37.8. The number of thiazole rings is 1. The smallest absolute Gasteiger partial charge is 0.253 e. The minimum absolute atomic E-state index is 0.0588. The Bertz CT molecular complexity index is 1450. The van der Waals surface area contributed by atoms with Gasteiger partial charge in [0.05, 0.1) is 23.7 Å². The summed E-state index contributed by atoms with van der Waals surface area (Å²) in [6, 6.07) is 18.4. The van der Waals surface area contributed by atoms with Gasteiger partial charge in [0.15, 0.2) is 5.13 Å². The van der Waals surface area contributed by atoms with E-state index in [-0.39, 0.29) is 24.3 Å². The lowest BCUT2D eigenvalue weighted by Crippen LogP contribution is -2.50. The van der Waals surface area contributed by atoms with E-state index in [4.69, 9.17) is 0 Å². The van der Waals surface area contributed by atoms with Gasteiger partial charge in [0.25, 0.3) is 5.91 Å². The second-order valence-electron chi connectivity index (χ2n) is 8.96. The highest BCUT2D eigenvalue weighted by atomic mass is 32.2. The van der Waals surface area contributed by atoms with Crippen molar-refractivity contribution in [1.29, 1.82) is 0 Å². The van der Waals surface area contributed by atoms with Gasteiger partial charge in [-0.1, -0.05) is 36.4 Å². The molecule has 208 valence electrons. The molecule has 40 heavy (non-hydrogen) atoms. The van der Waals surface area contributed by atoms with Gasteiger partial charge in [-0.05, 0) is 46.8 Å². The zero-order valence-electron chi connectivity index (χ0n) is 22.3. The fourth-order valence-electron chi connectivity index (χ4n) is 3.91. The molecular weight excluding hydrogens is 544 g/mol. The van der Waals surface area contributed by atoms with Crippen molar-refractivity contribution in [3.05, 3.63) is 83.5 Å². The molecule has 11 heteroatoms. The summed E-state index contributed by atoms with van der Waals surface area (Å²) in [6.07, 6.45) is 6.07. The summed E-state index contributed by atoms with van der Waals surface area (Å²) in [5, 5.41) is 14.7. The molecule has 2 aromatic heterocycles. The first kappa shape index (κ1) is 29.1. The van der Waals surface area contributed by atoms with Crippen molar-refractivity contribution in [2.45, 2.75) is 6.54 Å². The van der Waals surface area contributed by atoms with E-state index in [0.717, 1.165) is 46.2 Å². The zero-order chi connectivity index (χ0) is 28.3. The summed E-state index contributed by atoms with van der Waals surface area (Å²) in [6.45, 7) is 2.18. The van der Waals surface area contributed by atoms with E-state index in [1.165, 1.54) is 11.9 Å². The van der Waals surface area contributed by atoms with Crippen LogP contribution >= 0.6 is 23.3 Å². The predicted molar refractivity (Wildman–Crippen MR) is 162 cm³/mol. The summed E-state index contributed by atoms with van der Waals surface area (Å²) < 4.78 is 1.82. The monoisotopic (exact) mass is 576 g/mol. The predicted octanol–water partition coefficient (Wildman–Crippen LogP) is 3.90. The highest BCUT2D eigenvalue weighted by molar-refractivity contribution is 7.97. The molecule has 4 aromatic rings. The van der Waals surface area contributed by atoms with Gasteiger partial charge < -0.3 is 26.1 Å². The van der Waals surface area contributed by atoms with Gasteiger partial charge in [0, 0.05) is 56.3 Å². The lowest BCUT2D eigenvalue weighted by atomic mass is 10.00. The van der Waals surface area contributed by atoms with Crippen LogP contribution in [0, 0.1) is 5.92 Å². The van der Waals surface area contributed by atoms with Crippen LogP contribution in [0.1, 0.15) is 15.9 Å². The molecule has 1 aliphatic heterocycles. The average molecular weight is 577 g/mol. The third-order valence-corrected chi connectivity index (χ3v) is 7.75. The number of amides is 2. The summed E-state index contributed by atoms with van der Waals surface area (Å²) in [7, 11) is 1.88. The SMILES string of the molecule is CNc1nc(-c2cccc(-c3cccc(CNC(=O)C4CNC4)c3)c2)cs1.CSn1ccc(C(=O)NCC=O)c1. The summed E-state index contributed by atoms with van der Waals surface area (Å²) >= 11 is 3.10. The first-order valence-corrected chi connectivity index (χ1v) is 14.8. The maximum absolute atomic E-state index is 12.0. The van der Waals surface area contributed by atoms with E-state index < -0.39 is 0 Å². The number of anilines is 1. The normalized spacial score (nSPS) is 12.4. The average Bonchev–Trinajstić information content (AvgIpc) is 3.65. The zero-order valence-corrected chi connectivity index (χ0v) is 24.0. The molecular formula is C29H32N6O3S2. The van der Waals surface area contributed by atoms with Gasteiger partial charge in [-0.2, -0.15) is 0 Å². The Hall–Kier alpha value is -3.93. The van der Waals surface area contributed by atoms with E-state index in [1.54, 1.807) is 29.8 Å². The topological polar surface area (TPSA) is 117 Å². The van der Waals surface area contributed by atoms with Crippen molar-refractivity contribution >= 4 is 46.5 Å². The van der Waals surface area contributed by atoms with E-state index in [0.29, 0.717) is 18.4 Å². The van der Waals surface area contributed by atoms with Crippen LogP contribution in [0.25, 0.3) is 22.4 Å². The molecule has 9 nitrogen and oxygen atoms in total. The molecule has 4 N–H and O–H groups in total. The second-order valence-corrected chi connectivity index (χ2v) is 10.6. The molecule has 0 radical (unpaired) electrons. The number of aromatic nitrogens is 2. The van der Waals surface area contributed by atoms with Crippen molar-refractivity contribution in [2.75, 3.05) is 38.3 Å². The van der Waals surface area contributed by atoms with E-state index in [9.17, 15) is 14.4 Å². The van der Waals surface area contributed by atoms with Crippen LogP contribution < -0.4 is 21.3 Å². The Labute approximate surface area is 241 Å². The lowest BCUT2D eigenvalue weighted by Gasteiger charge is -2.25. The molecule has 5 rings (SSSR count). The Morgan fingerprint density at radius 1 is 1.10 bits per heavy atom. The Morgan fingerprint density at radius 2 is 1.85 bits per heavy atom. The quantitative estimate of drug-likeness (QED) is 0.212. The van der Waals surface area contributed by atoms with E-state index >= 15 is 0 Å². The number of aldehydes is 1. The largest absolute Gasteiger partial charge is 0.365 e. The molecule has 1 saturated heterocycles. The minimum Gasteiger partial charge on any atom is -0.365 e. The van der Waals surface area contributed by atoms with Crippen LogP contribution in [0.2, 0.25) is 0 Å². The minimum atomic E-state index is -0.222. The molecule has 0 aliphatic carbocycles. The van der Waals surface area contributed by atoms with Crippen LogP contribution in [0.15, 0.2) is 72.4 Å². The van der Waals surface area contributed by atoms with E-state index in [1.807, 2.05) is 29.4 Å². The highest BCUT2D eigenvalue weighted by Gasteiger charge is 2.24. The number of benzene rings is 2. The lowest BCUT2D eigenvalue weighted by molar-refractivity contribution is -0.126. The summed E-state index contributed by atoms with van der Waals surface area (Å²) in [5.41, 5.74) is 6.02. The molecule has 2 amide bonds. The van der Waals surface area contributed by atoms with Crippen LogP contribution in [0.5, 0.6) is 0 Å². The van der Waals surface area contributed by atoms with Crippen LogP contribution in [0.3, 0.4) is 0 Å². The number of carbonyl (C=O) groups is 3. The second kappa shape index (κ2) is 14.5. The molecule has 0 unspecified atom stereocenters.